The van der Waals surface area contributed by atoms with Crippen molar-refractivity contribution in [2.75, 3.05) is 19.3 Å². The second-order valence-electron chi connectivity index (χ2n) is 2.40. The van der Waals surface area contributed by atoms with Crippen molar-refractivity contribution in [1.82, 2.24) is 4.31 Å². The molecule has 0 heterocycles. The third-order valence-electron chi connectivity index (χ3n) is 1.25. The van der Waals surface area contributed by atoms with E-state index in [9.17, 15) is 13.2 Å². The van der Waals surface area contributed by atoms with Gasteiger partial charge in [-0.25, -0.2) is 8.42 Å². The molecule has 0 aromatic heterocycles. The van der Waals surface area contributed by atoms with Crippen LogP contribution >= 0.6 is 0 Å². The monoisotopic (exact) mass is 206 g/mol. The maximum atomic E-state index is 10.9. The summed E-state index contributed by atoms with van der Waals surface area (Å²) < 4.78 is 22.6. The van der Waals surface area contributed by atoms with E-state index in [1.807, 2.05) is 0 Å². The lowest BCUT2D eigenvalue weighted by molar-refractivity contribution is -0.137. The predicted octanol–water partition coefficient (Wildman–Crippen LogP) is -0.754. The smallest absolute Gasteiger partial charge is 0.318 e. The van der Waals surface area contributed by atoms with Crippen LogP contribution in [-0.2, 0) is 14.8 Å². The van der Waals surface area contributed by atoms with Gasteiger partial charge in [0.15, 0.2) is 0 Å². The molecule has 0 saturated heterocycles. The van der Waals surface area contributed by atoms with Crippen molar-refractivity contribution in [3.63, 3.8) is 0 Å². The minimum absolute atomic E-state index is 0.0135. The van der Waals surface area contributed by atoms with Crippen molar-refractivity contribution < 1.29 is 18.3 Å². The van der Waals surface area contributed by atoms with Crippen LogP contribution in [-0.4, -0.2) is 43.1 Å². The molecule has 74 valence electrons. The summed E-state index contributed by atoms with van der Waals surface area (Å²) in [6, 6.07) is 1.74. The Balaban J connectivity index is 4.40. The Kier molecular flexibility index (Phi) is 4.37. The van der Waals surface area contributed by atoms with Gasteiger partial charge in [0.05, 0.1) is 12.3 Å². The number of carboxylic acids is 1. The van der Waals surface area contributed by atoms with E-state index < -0.39 is 22.5 Å². The molecule has 0 aromatic carbocycles. The number of carboxylic acid groups (broad SMARTS) is 1. The molecular weight excluding hydrogens is 196 g/mol. The maximum Gasteiger partial charge on any atom is 0.318 e. The molecule has 0 unspecified atom stereocenters. The first-order valence-electron chi connectivity index (χ1n) is 3.42. The lowest BCUT2D eigenvalue weighted by atomic mass is 10.4. The van der Waals surface area contributed by atoms with Gasteiger partial charge in [0.25, 0.3) is 0 Å². The summed E-state index contributed by atoms with van der Waals surface area (Å²) in [5.74, 6) is -1.23. The van der Waals surface area contributed by atoms with Gasteiger partial charge in [-0.1, -0.05) is 0 Å². The molecule has 0 fully saturated rings. The molecule has 0 aliphatic carbocycles. The normalized spacial score (nSPS) is 11.2. The van der Waals surface area contributed by atoms with Crippen molar-refractivity contribution >= 4 is 16.0 Å². The van der Waals surface area contributed by atoms with Gasteiger partial charge in [-0.15, -0.1) is 0 Å². The molecule has 0 amide bonds. The molecule has 0 aromatic rings. The first-order valence-corrected chi connectivity index (χ1v) is 5.26. The van der Waals surface area contributed by atoms with E-state index in [1.54, 1.807) is 6.07 Å². The Morgan fingerprint density at radius 3 is 2.46 bits per heavy atom. The van der Waals surface area contributed by atoms with E-state index in [2.05, 4.69) is 0 Å². The van der Waals surface area contributed by atoms with Crippen LogP contribution in [0.25, 0.3) is 0 Å². The summed E-state index contributed by atoms with van der Waals surface area (Å²) in [7, 11) is -3.53. The van der Waals surface area contributed by atoms with Crippen molar-refractivity contribution in [2.45, 2.75) is 6.42 Å². The number of nitriles is 1. The number of nitrogens with zero attached hydrogens (tertiary/aromatic N) is 2. The zero-order chi connectivity index (χ0) is 10.5. The molecule has 0 saturated carbocycles. The molecule has 0 bridgehead atoms. The van der Waals surface area contributed by atoms with Crippen LogP contribution in [0, 0.1) is 11.3 Å². The quantitative estimate of drug-likeness (QED) is 0.637. The lowest BCUT2D eigenvalue weighted by Gasteiger charge is -2.15. The van der Waals surface area contributed by atoms with E-state index in [-0.39, 0.29) is 13.0 Å². The van der Waals surface area contributed by atoms with Crippen LogP contribution < -0.4 is 0 Å². The van der Waals surface area contributed by atoms with Crippen LogP contribution in [0.5, 0.6) is 0 Å². The number of hydrogen-bond acceptors (Lipinski definition) is 4. The molecular formula is C6H10N2O4S. The highest BCUT2D eigenvalue weighted by Gasteiger charge is 2.18. The van der Waals surface area contributed by atoms with Crippen molar-refractivity contribution in [3.8, 4) is 6.07 Å². The molecule has 0 radical (unpaired) electrons. The minimum atomic E-state index is -3.53. The summed E-state index contributed by atoms with van der Waals surface area (Å²) in [6.07, 6.45) is 0.896. The number of rotatable bonds is 5. The Morgan fingerprint density at radius 1 is 1.62 bits per heavy atom. The average Bonchev–Trinajstić information content (AvgIpc) is 1.95. The molecule has 7 heteroatoms. The highest BCUT2D eigenvalue weighted by atomic mass is 32.2. The SMILES string of the molecule is CS(=O)(=O)N(CCC#N)CC(=O)O. The van der Waals surface area contributed by atoms with Gasteiger partial charge < -0.3 is 5.11 Å². The summed E-state index contributed by atoms with van der Waals surface area (Å²) in [4.78, 5) is 10.2. The molecule has 0 spiro atoms. The Morgan fingerprint density at radius 2 is 2.15 bits per heavy atom. The van der Waals surface area contributed by atoms with E-state index in [4.69, 9.17) is 10.4 Å². The fourth-order valence-electron chi connectivity index (χ4n) is 0.688. The van der Waals surface area contributed by atoms with E-state index in [1.165, 1.54) is 0 Å². The summed E-state index contributed by atoms with van der Waals surface area (Å²) >= 11 is 0. The lowest BCUT2D eigenvalue weighted by Crippen LogP contribution is -2.35. The second kappa shape index (κ2) is 4.79. The van der Waals surface area contributed by atoms with Crippen molar-refractivity contribution in [1.29, 1.82) is 5.26 Å². The third kappa shape index (κ3) is 5.16. The number of hydrogen-bond donors (Lipinski definition) is 1. The predicted molar refractivity (Wildman–Crippen MR) is 44.3 cm³/mol. The fourth-order valence-corrected chi connectivity index (χ4v) is 1.46. The van der Waals surface area contributed by atoms with E-state index >= 15 is 0 Å². The molecule has 0 aliphatic heterocycles. The Labute approximate surface area is 76.4 Å². The minimum Gasteiger partial charge on any atom is -0.480 e. The molecule has 13 heavy (non-hydrogen) atoms. The van der Waals surface area contributed by atoms with Crippen LogP contribution in [0.2, 0.25) is 0 Å². The number of carbonyl (C=O) groups is 1. The van der Waals surface area contributed by atoms with Gasteiger partial charge in [-0.3, -0.25) is 4.79 Å². The third-order valence-corrected chi connectivity index (χ3v) is 2.50. The van der Waals surface area contributed by atoms with Gasteiger partial charge in [-0.05, 0) is 0 Å². The zero-order valence-electron chi connectivity index (χ0n) is 7.10. The first-order chi connectivity index (χ1) is 5.88. The molecule has 1 N–H and O–H groups in total. The highest BCUT2D eigenvalue weighted by molar-refractivity contribution is 7.88. The molecule has 0 atom stereocenters. The summed E-state index contributed by atoms with van der Waals surface area (Å²) in [5, 5.41) is 16.6. The molecule has 6 nitrogen and oxygen atoms in total. The zero-order valence-corrected chi connectivity index (χ0v) is 7.91. The van der Waals surface area contributed by atoms with E-state index in [0.29, 0.717) is 0 Å². The van der Waals surface area contributed by atoms with Gasteiger partial charge in [-0.2, -0.15) is 9.57 Å². The van der Waals surface area contributed by atoms with Crippen LogP contribution in [0.3, 0.4) is 0 Å². The average molecular weight is 206 g/mol. The Bertz CT molecular complexity index is 316. The number of sulfonamides is 1. The van der Waals surface area contributed by atoms with Crippen LogP contribution in [0.1, 0.15) is 6.42 Å². The number of aliphatic carboxylic acids is 1. The second-order valence-corrected chi connectivity index (χ2v) is 4.38. The van der Waals surface area contributed by atoms with Crippen LogP contribution in [0.15, 0.2) is 0 Å². The maximum absolute atomic E-state index is 10.9. The topological polar surface area (TPSA) is 98.5 Å². The van der Waals surface area contributed by atoms with Gasteiger partial charge in [0, 0.05) is 13.0 Å². The van der Waals surface area contributed by atoms with Gasteiger partial charge >= 0.3 is 5.97 Å². The van der Waals surface area contributed by atoms with E-state index in [0.717, 1.165) is 10.6 Å². The first kappa shape index (κ1) is 11.9. The summed E-state index contributed by atoms with van der Waals surface area (Å²) in [6.45, 7) is -0.678. The van der Waals surface area contributed by atoms with Crippen molar-refractivity contribution in [2.24, 2.45) is 0 Å². The van der Waals surface area contributed by atoms with Gasteiger partial charge in [0.2, 0.25) is 10.0 Å². The summed E-state index contributed by atoms with van der Waals surface area (Å²) in [5.41, 5.74) is 0. The van der Waals surface area contributed by atoms with Gasteiger partial charge in [0.1, 0.15) is 6.54 Å². The largest absolute Gasteiger partial charge is 0.480 e. The molecule has 0 rings (SSSR count). The highest BCUT2D eigenvalue weighted by Crippen LogP contribution is 1.98. The van der Waals surface area contributed by atoms with Crippen molar-refractivity contribution in [3.05, 3.63) is 0 Å². The van der Waals surface area contributed by atoms with Crippen LogP contribution in [0.4, 0.5) is 0 Å². The molecule has 0 aliphatic rings. The Hall–Kier alpha value is -1.13. The standard InChI is InChI=1S/C6H10N2O4S/c1-13(11,12)8(4-2-3-7)5-6(9)10/h2,4-5H2,1H3,(H,9,10). The fraction of sp³-hybridized carbons (Fsp3) is 0.667.